The van der Waals surface area contributed by atoms with Crippen LogP contribution in [0.25, 0.3) is 0 Å². The van der Waals surface area contributed by atoms with E-state index in [1.807, 2.05) is 13.8 Å². The van der Waals surface area contributed by atoms with Crippen LogP contribution in [-0.4, -0.2) is 33.4 Å². The summed E-state index contributed by atoms with van der Waals surface area (Å²) in [6.45, 7) is 16.7. The third-order valence-electron chi connectivity index (χ3n) is 3.78. The minimum absolute atomic E-state index is 0.190. The summed E-state index contributed by atoms with van der Waals surface area (Å²) in [5, 5.41) is 0.277. The van der Waals surface area contributed by atoms with Gasteiger partial charge in [0.15, 0.2) is 14.1 Å². The Labute approximate surface area is 107 Å². The number of rotatable bonds is 4. The topological polar surface area (TPSA) is 27.7 Å². The van der Waals surface area contributed by atoms with Crippen molar-refractivity contribution in [3.8, 4) is 0 Å². The first-order chi connectivity index (χ1) is 7.54. The molecule has 1 fully saturated rings. The smallest absolute Gasteiger partial charge is 0.191 e. The average molecular weight is 260 g/mol. The van der Waals surface area contributed by atoms with Gasteiger partial charge in [0.2, 0.25) is 0 Å². The first-order valence-electron chi connectivity index (χ1n) is 6.49. The van der Waals surface area contributed by atoms with Crippen LogP contribution < -0.4 is 0 Å². The van der Waals surface area contributed by atoms with Gasteiger partial charge < -0.3 is 13.9 Å². The zero-order chi connectivity index (χ0) is 13.3. The molecule has 0 amide bonds. The molecular weight excluding hydrogens is 232 g/mol. The van der Waals surface area contributed by atoms with Crippen LogP contribution in [0.5, 0.6) is 0 Å². The fraction of sp³-hybridized carbons (Fsp3) is 1.00. The maximum absolute atomic E-state index is 6.13. The zero-order valence-corrected chi connectivity index (χ0v) is 13.4. The Balaban J connectivity index is 2.30. The molecule has 17 heavy (non-hydrogen) atoms. The van der Waals surface area contributed by atoms with Crippen LogP contribution in [0.3, 0.4) is 0 Å². The fourth-order valence-electron chi connectivity index (χ4n) is 1.57. The minimum Gasteiger partial charge on any atom is -0.417 e. The normalized spacial score (nSPS) is 25.2. The molecule has 3 nitrogen and oxygen atoms in total. The SMILES string of the molecule is CC1(C)OC[C@@H](CCO[Si](C)(C)C(C)(C)C)O1. The van der Waals surface area contributed by atoms with Gasteiger partial charge in [-0.2, -0.15) is 0 Å². The molecule has 102 valence electrons. The first kappa shape index (κ1) is 15.2. The molecule has 0 N–H and O–H groups in total. The lowest BCUT2D eigenvalue weighted by molar-refractivity contribution is -0.139. The fourth-order valence-corrected chi connectivity index (χ4v) is 2.63. The van der Waals surface area contributed by atoms with Gasteiger partial charge in [0.05, 0.1) is 12.7 Å². The second kappa shape index (κ2) is 5.00. The highest BCUT2D eigenvalue weighted by Crippen LogP contribution is 2.36. The van der Waals surface area contributed by atoms with Crippen LogP contribution in [0.2, 0.25) is 18.1 Å². The van der Waals surface area contributed by atoms with Crippen molar-refractivity contribution in [3.63, 3.8) is 0 Å². The van der Waals surface area contributed by atoms with E-state index in [0.717, 1.165) is 13.0 Å². The van der Waals surface area contributed by atoms with Crippen LogP contribution in [0, 0.1) is 0 Å². The molecule has 1 aliphatic rings. The molecule has 0 aromatic carbocycles. The summed E-state index contributed by atoms with van der Waals surface area (Å²) in [7, 11) is -1.61. The zero-order valence-electron chi connectivity index (χ0n) is 12.4. The van der Waals surface area contributed by atoms with Crippen LogP contribution in [0.4, 0.5) is 0 Å². The lowest BCUT2D eigenvalue weighted by Crippen LogP contribution is -2.41. The molecule has 1 rings (SSSR count). The van der Waals surface area contributed by atoms with E-state index in [1.54, 1.807) is 0 Å². The Bertz CT molecular complexity index is 256. The van der Waals surface area contributed by atoms with E-state index in [-0.39, 0.29) is 11.1 Å². The maximum Gasteiger partial charge on any atom is 0.191 e. The molecule has 0 spiro atoms. The summed E-state index contributed by atoms with van der Waals surface area (Å²) >= 11 is 0. The van der Waals surface area contributed by atoms with Gasteiger partial charge in [-0.25, -0.2) is 0 Å². The third-order valence-corrected chi connectivity index (χ3v) is 8.31. The standard InChI is InChI=1S/C13H28O3Si/c1-12(2,3)17(6,7)15-9-8-11-10-14-13(4,5)16-11/h11H,8-10H2,1-7H3/t11-/m1/s1. The van der Waals surface area contributed by atoms with Crippen molar-refractivity contribution >= 4 is 8.32 Å². The molecule has 0 aromatic heterocycles. The molecule has 0 aromatic rings. The maximum atomic E-state index is 6.13. The largest absolute Gasteiger partial charge is 0.417 e. The van der Waals surface area contributed by atoms with E-state index in [2.05, 4.69) is 33.9 Å². The van der Waals surface area contributed by atoms with Crippen LogP contribution >= 0.6 is 0 Å². The lowest BCUT2D eigenvalue weighted by atomic mass is 10.2. The van der Waals surface area contributed by atoms with E-state index in [9.17, 15) is 0 Å². The quantitative estimate of drug-likeness (QED) is 0.724. The van der Waals surface area contributed by atoms with Crippen LogP contribution in [0.1, 0.15) is 41.0 Å². The molecule has 0 aliphatic carbocycles. The molecule has 1 saturated heterocycles. The van der Waals surface area contributed by atoms with E-state index < -0.39 is 14.1 Å². The van der Waals surface area contributed by atoms with Gasteiger partial charge in [-0.1, -0.05) is 20.8 Å². The number of hydrogen-bond acceptors (Lipinski definition) is 3. The monoisotopic (exact) mass is 260 g/mol. The molecule has 0 bridgehead atoms. The van der Waals surface area contributed by atoms with Gasteiger partial charge in [-0.15, -0.1) is 0 Å². The van der Waals surface area contributed by atoms with E-state index >= 15 is 0 Å². The predicted molar refractivity (Wildman–Crippen MR) is 72.7 cm³/mol. The van der Waals surface area contributed by atoms with Crippen molar-refractivity contribution in [3.05, 3.63) is 0 Å². The Kier molecular flexibility index (Phi) is 4.45. The van der Waals surface area contributed by atoms with E-state index in [1.165, 1.54) is 0 Å². The van der Waals surface area contributed by atoms with Crippen molar-refractivity contribution in [2.45, 2.75) is 71.1 Å². The van der Waals surface area contributed by atoms with Gasteiger partial charge in [0, 0.05) is 6.61 Å². The summed E-state index contributed by atoms with van der Waals surface area (Å²) in [4.78, 5) is 0. The Hall–Kier alpha value is 0.0969. The predicted octanol–water partition coefficient (Wildman–Crippen LogP) is 3.55. The minimum atomic E-state index is -1.61. The molecule has 0 unspecified atom stereocenters. The summed E-state index contributed by atoms with van der Waals surface area (Å²) in [5.74, 6) is -0.415. The van der Waals surface area contributed by atoms with Crippen molar-refractivity contribution in [2.75, 3.05) is 13.2 Å². The van der Waals surface area contributed by atoms with Crippen molar-refractivity contribution in [2.24, 2.45) is 0 Å². The first-order valence-corrected chi connectivity index (χ1v) is 9.40. The molecule has 1 heterocycles. The summed E-state index contributed by atoms with van der Waals surface area (Å²) in [6.07, 6.45) is 1.12. The molecule has 1 atom stereocenters. The van der Waals surface area contributed by atoms with Crippen LogP contribution in [0.15, 0.2) is 0 Å². The highest BCUT2D eigenvalue weighted by molar-refractivity contribution is 6.74. The van der Waals surface area contributed by atoms with Gasteiger partial charge in [0.1, 0.15) is 0 Å². The second-order valence-corrected chi connectivity index (χ2v) is 11.7. The Morgan fingerprint density at radius 2 is 1.88 bits per heavy atom. The molecule has 4 heteroatoms. The van der Waals surface area contributed by atoms with Gasteiger partial charge in [-0.3, -0.25) is 0 Å². The Morgan fingerprint density at radius 3 is 2.29 bits per heavy atom. The average Bonchev–Trinajstić information content (AvgIpc) is 2.43. The van der Waals surface area contributed by atoms with E-state index in [0.29, 0.717) is 6.61 Å². The number of ether oxygens (including phenoxy) is 2. The van der Waals surface area contributed by atoms with Crippen LogP contribution in [-0.2, 0) is 13.9 Å². The second-order valence-electron chi connectivity index (χ2n) is 6.85. The lowest BCUT2D eigenvalue weighted by Gasteiger charge is -2.36. The third kappa shape index (κ3) is 4.36. The summed E-state index contributed by atoms with van der Waals surface area (Å²) < 4.78 is 17.4. The molecule has 1 aliphatic heterocycles. The summed E-state index contributed by atoms with van der Waals surface area (Å²) in [6, 6.07) is 0. The molecule has 0 radical (unpaired) electrons. The van der Waals surface area contributed by atoms with E-state index in [4.69, 9.17) is 13.9 Å². The Morgan fingerprint density at radius 1 is 1.29 bits per heavy atom. The van der Waals surface area contributed by atoms with Crippen molar-refractivity contribution < 1.29 is 13.9 Å². The molecule has 0 saturated carbocycles. The molecular formula is C13H28O3Si. The van der Waals surface area contributed by atoms with Crippen molar-refractivity contribution in [1.29, 1.82) is 0 Å². The highest BCUT2D eigenvalue weighted by Gasteiger charge is 2.38. The summed E-state index contributed by atoms with van der Waals surface area (Å²) in [5.41, 5.74) is 0. The van der Waals surface area contributed by atoms with Gasteiger partial charge in [0.25, 0.3) is 0 Å². The highest BCUT2D eigenvalue weighted by atomic mass is 28.4. The van der Waals surface area contributed by atoms with Gasteiger partial charge >= 0.3 is 0 Å². The van der Waals surface area contributed by atoms with Gasteiger partial charge in [-0.05, 0) is 38.4 Å². The van der Waals surface area contributed by atoms with Crippen molar-refractivity contribution in [1.82, 2.24) is 0 Å². The number of hydrogen-bond donors (Lipinski definition) is 0.